The van der Waals surface area contributed by atoms with Crippen LogP contribution < -0.4 is 5.73 Å². The highest BCUT2D eigenvalue weighted by Crippen LogP contribution is 2.24. The van der Waals surface area contributed by atoms with Crippen molar-refractivity contribution in [1.82, 2.24) is 14.8 Å². The van der Waals surface area contributed by atoms with Gasteiger partial charge < -0.3 is 5.73 Å². The van der Waals surface area contributed by atoms with Crippen molar-refractivity contribution >= 4 is 32.5 Å². The van der Waals surface area contributed by atoms with Crippen LogP contribution in [0.15, 0.2) is 47.2 Å². The molecular weight excluding hydrogens is 280 g/mol. The summed E-state index contributed by atoms with van der Waals surface area (Å²) < 4.78 is 2.62. The number of fused-ring (bicyclic) bond motifs is 1. The Bertz CT molecular complexity index is 690. The third-order valence-corrected chi connectivity index (χ3v) is 3.10. The molecule has 4 nitrogen and oxygen atoms in total. The monoisotopic (exact) mass is 288 g/mol. The Morgan fingerprint density at radius 1 is 1.18 bits per heavy atom. The fraction of sp³-hybridized carbons (Fsp3) is 0. The number of para-hydroxylation sites is 1. The molecule has 0 aliphatic rings. The normalized spacial score (nSPS) is 10.9. The summed E-state index contributed by atoms with van der Waals surface area (Å²) in [5, 5.41) is 5.42. The van der Waals surface area contributed by atoms with Crippen LogP contribution in [0.3, 0.4) is 0 Å². The molecule has 3 aromatic rings. The predicted molar refractivity (Wildman–Crippen MR) is 71.0 cm³/mol. The average molecular weight is 289 g/mol. The van der Waals surface area contributed by atoms with E-state index in [0.717, 1.165) is 21.2 Å². The summed E-state index contributed by atoms with van der Waals surface area (Å²) in [5.41, 5.74) is 7.31. The molecule has 2 N–H and O–H groups in total. The van der Waals surface area contributed by atoms with Gasteiger partial charge in [-0.3, -0.25) is 0 Å². The third-order valence-electron chi connectivity index (χ3n) is 2.52. The van der Waals surface area contributed by atoms with Gasteiger partial charge in [-0.1, -0.05) is 18.2 Å². The summed E-state index contributed by atoms with van der Waals surface area (Å²) in [6.07, 6.45) is 3.44. The maximum absolute atomic E-state index is 5.67. The first kappa shape index (κ1) is 10.3. The number of hydrogen-bond acceptors (Lipinski definition) is 3. The molecule has 2 heterocycles. The minimum atomic E-state index is 0.622. The summed E-state index contributed by atoms with van der Waals surface area (Å²) in [6.45, 7) is 0. The SMILES string of the molecule is Nc1cnc(-n2ncc3ccccc32)c(Br)c1. The number of nitrogen functional groups attached to an aromatic ring is 1. The quantitative estimate of drug-likeness (QED) is 0.749. The first-order chi connectivity index (χ1) is 8.25. The zero-order valence-corrected chi connectivity index (χ0v) is 10.4. The molecular formula is C12H9BrN4. The van der Waals surface area contributed by atoms with Gasteiger partial charge in [0.2, 0.25) is 0 Å². The van der Waals surface area contributed by atoms with E-state index in [1.165, 1.54) is 0 Å². The number of aromatic nitrogens is 3. The van der Waals surface area contributed by atoms with Gasteiger partial charge >= 0.3 is 0 Å². The van der Waals surface area contributed by atoms with Crippen LogP contribution >= 0.6 is 15.9 Å². The van der Waals surface area contributed by atoms with Crippen molar-refractivity contribution in [2.45, 2.75) is 0 Å². The number of anilines is 1. The van der Waals surface area contributed by atoms with E-state index in [1.54, 1.807) is 10.9 Å². The lowest BCUT2D eigenvalue weighted by molar-refractivity contribution is 0.870. The molecule has 0 aliphatic carbocycles. The van der Waals surface area contributed by atoms with Crippen LogP contribution in [0.25, 0.3) is 16.7 Å². The van der Waals surface area contributed by atoms with Gasteiger partial charge in [-0.25, -0.2) is 9.67 Å². The van der Waals surface area contributed by atoms with E-state index in [2.05, 4.69) is 26.0 Å². The number of hydrogen-bond donors (Lipinski definition) is 1. The van der Waals surface area contributed by atoms with E-state index < -0.39 is 0 Å². The minimum Gasteiger partial charge on any atom is -0.397 e. The molecule has 0 fully saturated rings. The summed E-state index contributed by atoms with van der Waals surface area (Å²) in [5.74, 6) is 0.736. The Labute approximate surface area is 106 Å². The number of halogens is 1. The molecule has 0 bridgehead atoms. The van der Waals surface area contributed by atoms with E-state index in [1.807, 2.05) is 36.5 Å². The van der Waals surface area contributed by atoms with Crippen LogP contribution in [0.4, 0.5) is 5.69 Å². The highest BCUT2D eigenvalue weighted by atomic mass is 79.9. The molecule has 0 spiro atoms. The van der Waals surface area contributed by atoms with Gasteiger partial charge in [0.1, 0.15) is 0 Å². The lowest BCUT2D eigenvalue weighted by Crippen LogP contribution is -2.01. The molecule has 1 aromatic carbocycles. The standard InChI is InChI=1S/C12H9BrN4/c13-10-5-9(14)7-15-12(10)17-11-4-2-1-3-8(11)6-16-17/h1-7H,14H2. The van der Waals surface area contributed by atoms with Crippen LogP contribution in [0.5, 0.6) is 0 Å². The van der Waals surface area contributed by atoms with E-state index in [0.29, 0.717) is 5.69 Å². The van der Waals surface area contributed by atoms with Gasteiger partial charge in [0.15, 0.2) is 5.82 Å². The predicted octanol–water partition coefficient (Wildman–Crippen LogP) is 2.77. The van der Waals surface area contributed by atoms with Crippen LogP contribution in [0.2, 0.25) is 0 Å². The Kier molecular flexibility index (Phi) is 2.33. The maximum atomic E-state index is 5.67. The number of rotatable bonds is 1. The lowest BCUT2D eigenvalue weighted by atomic mass is 10.2. The van der Waals surface area contributed by atoms with Gasteiger partial charge in [-0.15, -0.1) is 0 Å². The lowest BCUT2D eigenvalue weighted by Gasteiger charge is -2.05. The van der Waals surface area contributed by atoms with Crippen molar-refractivity contribution in [2.75, 3.05) is 5.73 Å². The molecule has 0 saturated heterocycles. The molecule has 5 heteroatoms. The molecule has 84 valence electrons. The second kappa shape index (κ2) is 3.85. The summed E-state index contributed by atoms with van der Waals surface area (Å²) in [7, 11) is 0. The van der Waals surface area contributed by atoms with Crippen molar-refractivity contribution < 1.29 is 0 Å². The number of nitrogens with two attached hydrogens (primary N) is 1. The zero-order valence-electron chi connectivity index (χ0n) is 8.84. The molecule has 3 rings (SSSR count). The topological polar surface area (TPSA) is 56.7 Å². The minimum absolute atomic E-state index is 0.622. The summed E-state index contributed by atoms with van der Waals surface area (Å²) >= 11 is 3.45. The molecule has 0 radical (unpaired) electrons. The molecule has 0 aliphatic heterocycles. The van der Waals surface area contributed by atoms with E-state index in [4.69, 9.17) is 5.73 Å². The third kappa shape index (κ3) is 1.68. The van der Waals surface area contributed by atoms with Crippen LogP contribution in [-0.2, 0) is 0 Å². The summed E-state index contributed by atoms with van der Waals surface area (Å²) in [4.78, 5) is 4.30. The number of nitrogens with zero attached hydrogens (tertiary/aromatic N) is 3. The maximum Gasteiger partial charge on any atom is 0.168 e. The fourth-order valence-corrected chi connectivity index (χ4v) is 2.28. The number of benzene rings is 1. The smallest absolute Gasteiger partial charge is 0.168 e. The highest BCUT2D eigenvalue weighted by Gasteiger charge is 2.08. The van der Waals surface area contributed by atoms with E-state index >= 15 is 0 Å². The van der Waals surface area contributed by atoms with Crippen LogP contribution in [0.1, 0.15) is 0 Å². The van der Waals surface area contributed by atoms with Gasteiger partial charge in [0.05, 0.1) is 28.1 Å². The molecule has 0 atom stereocenters. The Morgan fingerprint density at radius 2 is 2.00 bits per heavy atom. The molecule has 0 amide bonds. The van der Waals surface area contributed by atoms with E-state index in [-0.39, 0.29) is 0 Å². The molecule has 2 aromatic heterocycles. The van der Waals surface area contributed by atoms with Crippen molar-refractivity contribution in [2.24, 2.45) is 0 Å². The fourth-order valence-electron chi connectivity index (χ4n) is 1.74. The first-order valence-corrected chi connectivity index (χ1v) is 5.89. The Hall–Kier alpha value is -1.88. The van der Waals surface area contributed by atoms with Gasteiger partial charge in [-0.05, 0) is 28.1 Å². The van der Waals surface area contributed by atoms with Crippen molar-refractivity contribution in [3.8, 4) is 5.82 Å². The van der Waals surface area contributed by atoms with Crippen LogP contribution in [-0.4, -0.2) is 14.8 Å². The van der Waals surface area contributed by atoms with Crippen molar-refractivity contribution in [3.05, 3.63) is 47.2 Å². The second-order valence-corrected chi connectivity index (χ2v) is 4.54. The van der Waals surface area contributed by atoms with Crippen LogP contribution in [0, 0.1) is 0 Å². The number of pyridine rings is 1. The second-order valence-electron chi connectivity index (χ2n) is 3.69. The van der Waals surface area contributed by atoms with Gasteiger partial charge in [0, 0.05) is 5.39 Å². The van der Waals surface area contributed by atoms with Gasteiger partial charge in [0.25, 0.3) is 0 Å². The van der Waals surface area contributed by atoms with E-state index in [9.17, 15) is 0 Å². The van der Waals surface area contributed by atoms with Crippen molar-refractivity contribution in [3.63, 3.8) is 0 Å². The zero-order chi connectivity index (χ0) is 11.8. The average Bonchev–Trinajstić information content (AvgIpc) is 2.73. The highest BCUT2D eigenvalue weighted by molar-refractivity contribution is 9.10. The largest absolute Gasteiger partial charge is 0.397 e. The molecule has 0 saturated carbocycles. The Balaban J connectivity index is 2.27. The van der Waals surface area contributed by atoms with Crippen molar-refractivity contribution in [1.29, 1.82) is 0 Å². The van der Waals surface area contributed by atoms with Gasteiger partial charge in [-0.2, -0.15) is 5.10 Å². The first-order valence-electron chi connectivity index (χ1n) is 5.10. The summed E-state index contributed by atoms with van der Waals surface area (Å²) in [6, 6.07) is 9.81. The molecule has 17 heavy (non-hydrogen) atoms. The Morgan fingerprint density at radius 3 is 2.82 bits per heavy atom. The molecule has 0 unspecified atom stereocenters.